The molecule has 0 N–H and O–H groups in total. The third kappa shape index (κ3) is 14.3. The van der Waals surface area contributed by atoms with E-state index in [1.54, 1.807) is 0 Å². The maximum Gasteiger partial charge on any atom is 4.00 e. The molecule has 4 aromatic rings. The molecule has 0 aliphatic rings. The van der Waals surface area contributed by atoms with E-state index in [1.165, 1.54) is 48.5 Å². The molecule has 4 rings (SSSR count). The second-order valence-electron chi connectivity index (χ2n) is 7.00. The Hall–Kier alpha value is -5.52. The molecule has 16 nitrogen and oxygen atoms in total. The predicted molar refractivity (Wildman–Crippen MR) is 136 cm³/mol. The Labute approximate surface area is 246 Å². The van der Waals surface area contributed by atoms with Crippen molar-refractivity contribution < 1.29 is 40.1 Å². The van der Waals surface area contributed by atoms with Gasteiger partial charge in [0.1, 0.15) is 0 Å². The van der Waals surface area contributed by atoms with Gasteiger partial charge >= 0.3 is 23.9 Å². The van der Waals surface area contributed by atoms with Crippen molar-refractivity contribution in [3.63, 3.8) is 0 Å². The molecule has 0 amide bonds. The van der Waals surface area contributed by atoms with Gasteiger partial charge in [0.2, 0.25) is 0 Å². The summed E-state index contributed by atoms with van der Waals surface area (Å²) < 4.78 is 0. The molecule has 0 saturated heterocycles. The van der Waals surface area contributed by atoms with Crippen LogP contribution in [-0.4, -0.2) is 43.6 Å². The molecular weight excluding hydrogens is 655 g/mol. The summed E-state index contributed by atoms with van der Waals surface area (Å²) in [5.74, 6) is -0.868. The molecule has 0 radical (unpaired) electrons. The van der Waals surface area contributed by atoms with E-state index in [1.807, 2.05) is 0 Å². The second kappa shape index (κ2) is 17.9. The van der Waals surface area contributed by atoms with Gasteiger partial charge in [-0.05, 0) is 0 Å². The molecule has 41 heavy (non-hydrogen) atoms. The van der Waals surface area contributed by atoms with Gasteiger partial charge in [0.25, 0.3) is 22.7 Å². The standard InChI is InChI=1S/4C6H5NO3.Sn/c4*8-6-3-1-5(2-4-6)7(9)10;/h4*1-4,8H;/q;;;;+4/p-4. The van der Waals surface area contributed by atoms with Crippen LogP contribution in [0.2, 0.25) is 0 Å². The van der Waals surface area contributed by atoms with Gasteiger partial charge in [-0.25, -0.2) is 0 Å². The van der Waals surface area contributed by atoms with Crippen LogP contribution in [-0.2, 0) is 0 Å². The van der Waals surface area contributed by atoms with Gasteiger partial charge < -0.3 is 20.4 Å². The molecule has 4 aromatic carbocycles. The van der Waals surface area contributed by atoms with Crippen LogP contribution in [0.3, 0.4) is 0 Å². The van der Waals surface area contributed by atoms with E-state index in [0.717, 1.165) is 48.5 Å². The number of nitro groups is 4. The second-order valence-corrected chi connectivity index (χ2v) is 7.00. The normalized spacial score (nSPS) is 8.98. The summed E-state index contributed by atoms with van der Waals surface area (Å²) in [6, 6.07) is 18.8. The van der Waals surface area contributed by atoms with Crippen molar-refractivity contribution in [1.29, 1.82) is 0 Å². The number of nitrogens with zero attached hydrogens (tertiary/aromatic N) is 4. The van der Waals surface area contributed by atoms with Crippen LogP contribution in [0.5, 0.6) is 23.0 Å². The van der Waals surface area contributed by atoms with Crippen molar-refractivity contribution in [2.75, 3.05) is 0 Å². The fourth-order valence-corrected chi connectivity index (χ4v) is 2.27. The Bertz CT molecular complexity index is 1200. The summed E-state index contributed by atoms with van der Waals surface area (Å²) in [5.41, 5.74) is -0.224. The molecule has 0 saturated carbocycles. The minimum atomic E-state index is -0.542. The number of nitro benzene ring substituents is 4. The van der Waals surface area contributed by atoms with E-state index in [0.29, 0.717) is 0 Å². The minimum absolute atomic E-state index is 0. The molecule has 0 aliphatic heterocycles. The maximum absolute atomic E-state index is 10.4. The number of benzene rings is 4. The zero-order valence-electron chi connectivity index (χ0n) is 20.4. The van der Waals surface area contributed by atoms with Crippen LogP contribution in [0, 0.1) is 40.5 Å². The molecule has 0 heterocycles. The molecule has 17 heteroatoms. The molecule has 0 aromatic heterocycles. The minimum Gasteiger partial charge on any atom is -0.872 e. The van der Waals surface area contributed by atoms with Gasteiger partial charge in [-0.3, -0.25) is 40.5 Å². The fourth-order valence-electron chi connectivity index (χ4n) is 2.27. The van der Waals surface area contributed by atoms with E-state index in [9.17, 15) is 60.9 Å². The first-order valence-electron chi connectivity index (χ1n) is 10.5. The number of hydrogen-bond acceptors (Lipinski definition) is 12. The predicted octanol–water partition coefficient (Wildman–Crippen LogP) is 2.29. The van der Waals surface area contributed by atoms with Crippen LogP contribution in [0.1, 0.15) is 0 Å². The molecule has 0 spiro atoms. The molecule has 0 fully saturated rings. The quantitative estimate of drug-likeness (QED) is 0.172. The molecule has 0 aliphatic carbocycles. The summed E-state index contributed by atoms with van der Waals surface area (Å²) in [6.45, 7) is 0. The topological polar surface area (TPSA) is 265 Å². The number of rotatable bonds is 4. The van der Waals surface area contributed by atoms with E-state index < -0.39 is 19.7 Å². The van der Waals surface area contributed by atoms with Crippen molar-refractivity contribution in [3.8, 4) is 23.0 Å². The Morgan fingerprint density at radius 2 is 0.439 bits per heavy atom. The fraction of sp³-hybridized carbons (Fsp3) is 0. The van der Waals surface area contributed by atoms with Crippen LogP contribution >= 0.6 is 0 Å². The number of non-ortho nitro benzene ring substituents is 4. The third-order valence-corrected chi connectivity index (χ3v) is 4.19. The van der Waals surface area contributed by atoms with Gasteiger partial charge in [0.15, 0.2) is 0 Å². The van der Waals surface area contributed by atoms with Crippen LogP contribution < -0.4 is 20.4 Å². The monoisotopic (exact) mass is 672 g/mol. The van der Waals surface area contributed by atoms with E-state index in [-0.39, 0.29) is 69.7 Å². The Kier molecular flexibility index (Phi) is 15.5. The Balaban J connectivity index is 0.000000516. The van der Waals surface area contributed by atoms with Crippen LogP contribution in [0.15, 0.2) is 97.1 Å². The molecule has 0 bridgehead atoms. The summed E-state index contributed by atoms with van der Waals surface area (Å²) in [6.07, 6.45) is 0. The summed E-state index contributed by atoms with van der Waals surface area (Å²) in [4.78, 5) is 37.9. The smallest absolute Gasteiger partial charge is 0.872 e. The van der Waals surface area contributed by atoms with E-state index in [4.69, 9.17) is 0 Å². The van der Waals surface area contributed by atoms with Crippen molar-refractivity contribution >= 4 is 46.7 Å². The van der Waals surface area contributed by atoms with Crippen molar-refractivity contribution in [3.05, 3.63) is 138 Å². The third-order valence-electron chi connectivity index (χ3n) is 4.19. The first kappa shape index (κ1) is 35.5. The van der Waals surface area contributed by atoms with Gasteiger partial charge in [-0.15, -0.1) is 23.0 Å². The zero-order chi connectivity index (χ0) is 30.2. The van der Waals surface area contributed by atoms with Crippen LogP contribution in [0.4, 0.5) is 22.7 Å². The first-order valence-corrected chi connectivity index (χ1v) is 10.5. The summed E-state index contributed by atoms with van der Waals surface area (Å²) in [5, 5.41) is 81.7. The van der Waals surface area contributed by atoms with Crippen molar-refractivity contribution in [2.45, 2.75) is 0 Å². The van der Waals surface area contributed by atoms with Gasteiger partial charge in [0.05, 0.1) is 19.7 Å². The molecular formula is C24H16N4O12Sn. The molecule has 0 unspecified atom stereocenters. The van der Waals surface area contributed by atoms with Gasteiger partial charge in [-0.2, -0.15) is 0 Å². The molecule has 208 valence electrons. The first-order chi connectivity index (χ1) is 18.8. The SMILES string of the molecule is O=[N+]([O-])c1ccc([O-])cc1.O=[N+]([O-])c1ccc([O-])cc1.O=[N+]([O-])c1ccc([O-])cc1.O=[N+]([O-])c1ccc([O-])cc1.[Sn+4]. The average Bonchev–Trinajstić information content (AvgIpc) is 2.91. The zero-order valence-corrected chi connectivity index (χ0v) is 23.3. The van der Waals surface area contributed by atoms with Crippen LogP contribution in [0.25, 0.3) is 0 Å². The Morgan fingerprint density at radius 1 is 0.317 bits per heavy atom. The Morgan fingerprint density at radius 3 is 0.537 bits per heavy atom. The van der Waals surface area contributed by atoms with Crippen molar-refractivity contribution in [2.24, 2.45) is 0 Å². The van der Waals surface area contributed by atoms with Gasteiger partial charge in [0, 0.05) is 48.5 Å². The maximum atomic E-state index is 10.4. The van der Waals surface area contributed by atoms with E-state index >= 15 is 0 Å². The van der Waals surface area contributed by atoms with Crippen molar-refractivity contribution in [1.82, 2.24) is 0 Å². The summed E-state index contributed by atoms with van der Waals surface area (Å²) in [7, 11) is 0. The van der Waals surface area contributed by atoms with E-state index in [2.05, 4.69) is 0 Å². The average molecular weight is 671 g/mol. The summed E-state index contributed by atoms with van der Waals surface area (Å²) >= 11 is 0. The number of hydrogen-bond donors (Lipinski definition) is 0. The largest absolute Gasteiger partial charge is 4.00 e. The molecule has 0 atom stereocenters. The van der Waals surface area contributed by atoms with Gasteiger partial charge in [-0.1, -0.05) is 48.5 Å².